The molecule has 2 aromatic rings. The molecule has 1 heterocycles. The molecule has 1 aromatic heterocycles. The molecule has 0 fully saturated rings. The Morgan fingerprint density at radius 2 is 2.05 bits per heavy atom. The molecule has 2 N–H and O–H groups in total. The molecule has 1 unspecified atom stereocenters. The van der Waals surface area contributed by atoms with Gasteiger partial charge in [0.1, 0.15) is 0 Å². The smallest absolute Gasteiger partial charge is 0.185 e. The van der Waals surface area contributed by atoms with Crippen LogP contribution in [-0.2, 0) is 0 Å². The number of rotatable bonds is 7. The lowest BCUT2D eigenvalue weighted by atomic mass is 10.0. The second-order valence-electron chi connectivity index (χ2n) is 5.24. The molecule has 114 valence electrons. The van der Waals surface area contributed by atoms with Crippen LogP contribution < -0.4 is 5.73 Å². The van der Waals surface area contributed by atoms with Crippen molar-refractivity contribution in [2.24, 2.45) is 0 Å². The molecule has 0 saturated carbocycles. The summed E-state index contributed by atoms with van der Waals surface area (Å²) in [7, 11) is 0. The van der Waals surface area contributed by atoms with Gasteiger partial charge >= 0.3 is 0 Å². The van der Waals surface area contributed by atoms with Crippen LogP contribution in [0.1, 0.15) is 52.0 Å². The Hall–Kier alpha value is -1.62. The van der Waals surface area contributed by atoms with E-state index >= 15 is 0 Å². The van der Waals surface area contributed by atoms with Crippen LogP contribution in [0.25, 0.3) is 11.4 Å². The number of nitrogens with two attached hydrogens (primary N) is 1. The highest BCUT2D eigenvalue weighted by Gasteiger charge is 2.20. The summed E-state index contributed by atoms with van der Waals surface area (Å²) in [6.45, 7) is 4.36. The Balaban J connectivity index is 2.41. The Morgan fingerprint density at radius 3 is 2.71 bits per heavy atom. The largest absolute Gasteiger partial charge is 0.398 e. The quantitative estimate of drug-likeness (QED) is 0.782. The molecule has 21 heavy (non-hydrogen) atoms. The van der Waals surface area contributed by atoms with E-state index in [1.807, 2.05) is 22.9 Å². The van der Waals surface area contributed by atoms with Gasteiger partial charge in [0.25, 0.3) is 0 Å². The topological polar surface area (TPSA) is 69.6 Å². The van der Waals surface area contributed by atoms with Crippen LogP contribution in [-0.4, -0.2) is 20.2 Å². The highest BCUT2D eigenvalue weighted by molar-refractivity contribution is 6.33. The van der Waals surface area contributed by atoms with Crippen LogP contribution in [0.2, 0.25) is 5.02 Å². The Morgan fingerprint density at radius 1 is 1.24 bits per heavy atom. The summed E-state index contributed by atoms with van der Waals surface area (Å²) in [5.41, 5.74) is 7.39. The average Bonchev–Trinajstić information content (AvgIpc) is 2.92. The monoisotopic (exact) mass is 307 g/mol. The van der Waals surface area contributed by atoms with Crippen molar-refractivity contribution in [3.8, 4) is 11.4 Å². The number of hydrogen-bond donors (Lipinski definition) is 1. The predicted molar refractivity (Wildman–Crippen MR) is 86.1 cm³/mol. The van der Waals surface area contributed by atoms with Crippen molar-refractivity contribution in [1.82, 2.24) is 20.2 Å². The van der Waals surface area contributed by atoms with E-state index in [2.05, 4.69) is 29.4 Å². The third kappa shape index (κ3) is 3.53. The van der Waals surface area contributed by atoms with Gasteiger partial charge in [0, 0.05) is 5.69 Å². The Labute approximate surface area is 130 Å². The van der Waals surface area contributed by atoms with E-state index in [4.69, 9.17) is 17.3 Å². The number of aromatic nitrogens is 4. The molecule has 0 aliphatic heterocycles. The fourth-order valence-corrected chi connectivity index (χ4v) is 2.81. The summed E-state index contributed by atoms with van der Waals surface area (Å²) in [6.07, 6.45) is 5.51. The van der Waals surface area contributed by atoms with E-state index in [0.29, 0.717) is 16.5 Å². The Bertz CT molecular complexity index is 561. The Kier molecular flexibility index (Phi) is 5.56. The van der Waals surface area contributed by atoms with E-state index in [-0.39, 0.29) is 6.04 Å². The summed E-state index contributed by atoms with van der Waals surface area (Å²) in [6, 6.07) is 5.75. The molecule has 0 spiro atoms. The highest BCUT2D eigenvalue weighted by atomic mass is 35.5. The number of nitrogens with zero attached hydrogens (tertiary/aromatic N) is 4. The molecule has 0 saturated heterocycles. The summed E-state index contributed by atoms with van der Waals surface area (Å²) in [5, 5.41) is 12.8. The number of halogens is 1. The van der Waals surface area contributed by atoms with Crippen LogP contribution in [0.15, 0.2) is 18.2 Å². The van der Waals surface area contributed by atoms with Crippen molar-refractivity contribution >= 4 is 17.3 Å². The first-order valence-electron chi connectivity index (χ1n) is 7.51. The number of nitrogen functional groups attached to an aromatic ring is 1. The maximum Gasteiger partial charge on any atom is 0.185 e. The van der Waals surface area contributed by atoms with Gasteiger partial charge in [0.2, 0.25) is 0 Å². The van der Waals surface area contributed by atoms with Gasteiger partial charge in [-0.05, 0) is 35.4 Å². The molecule has 0 bridgehead atoms. The molecule has 0 aliphatic rings. The second-order valence-corrected chi connectivity index (χ2v) is 5.64. The number of hydrogen-bond acceptors (Lipinski definition) is 4. The molecular weight excluding hydrogens is 286 g/mol. The predicted octanol–water partition coefficient (Wildman–Crippen LogP) is 4.11. The van der Waals surface area contributed by atoms with Gasteiger partial charge in [0.05, 0.1) is 16.6 Å². The van der Waals surface area contributed by atoms with Crippen molar-refractivity contribution in [1.29, 1.82) is 0 Å². The van der Waals surface area contributed by atoms with Crippen molar-refractivity contribution in [2.75, 3.05) is 5.73 Å². The van der Waals surface area contributed by atoms with Gasteiger partial charge in [-0.25, -0.2) is 4.68 Å². The van der Waals surface area contributed by atoms with Gasteiger partial charge in [0.15, 0.2) is 5.82 Å². The van der Waals surface area contributed by atoms with Crippen molar-refractivity contribution < 1.29 is 0 Å². The average molecular weight is 308 g/mol. The van der Waals surface area contributed by atoms with Crippen molar-refractivity contribution in [3.63, 3.8) is 0 Å². The molecule has 0 aliphatic carbocycles. The van der Waals surface area contributed by atoms with Crippen LogP contribution >= 0.6 is 11.6 Å². The van der Waals surface area contributed by atoms with Gasteiger partial charge in [-0.2, -0.15) is 0 Å². The van der Waals surface area contributed by atoms with E-state index in [9.17, 15) is 0 Å². The van der Waals surface area contributed by atoms with Crippen molar-refractivity contribution in [2.45, 2.75) is 52.0 Å². The molecule has 1 atom stereocenters. The molecule has 0 radical (unpaired) electrons. The summed E-state index contributed by atoms with van der Waals surface area (Å²) >= 11 is 6.29. The van der Waals surface area contributed by atoms with Gasteiger partial charge < -0.3 is 5.73 Å². The highest BCUT2D eigenvalue weighted by Crippen LogP contribution is 2.34. The van der Waals surface area contributed by atoms with E-state index in [1.54, 1.807) is 0 Å². The first kappa shape index (κ1) is 15.8. The molecule has 0 amide bonds. The fourth-order valence-electron chi connectivity index (χ4n) is 2.54. The summed E-state index contributed by atoms with van der Waals surface area (Å²) in [4.78, 5) is 0. The number of benzene rings is 1. The fraction of sp³-hybridized carbons (Fsp3) is 0.533. The van der Waals surface area contributed by atoms with Crippen LogP contribution in [0, 0.1) is 0 Å². The van der Waals surface area contributed by atoms with Crippen molar-refractivity contribution in [3.05, 3.63) is 23.2 Å². The minimum Gasteiger partial charge on any atom is -0.398 e. The lowest BCUT2D eigenvalue weighted by molar-refractivity contribution is 0.380. The zero-order chi connectivity index (χ0) is 15.2. The minimum atomic E-state index is 0.288. The lowest BCUT2D eigenvalue weighted by Gasteiger charge is -2.18. The van der Waals surface area contributed by atoms with Crippen LogP contribution in [0.5, 0.6) is 0 Å². The standard InChI is InChI=1S/C15H22ClN5/c1-3-5-8-11(7-4-2)21-15(18-19-20-21)14-12(16)9-6-10-13(14)17/h6,9-11H,3-5,7-8,17H2,1-2H3. The number of tetrazole rings is 1. The molecule has 2 rings (SSSR count). The van der Waals surface area contributed by atoms with Gasteiger partial charge in [-0.15, -0.1) is 5.10 Å². The first-order valence-corrected chi connectivity index (χ1v) is 7.89. The zero-order valence-electron chi connectivity index (χ0n) is 12.6. The van der Waals surface area contributed by atoms with Crippen LogP contribution in [0.4, 0.5) is 5.69 Å². The molecule has 1 aromatic carbocycles. The molecular formula is C15H22ClN5. The maximum atomic E-state index is 6.29. The van der Waals surface area contributed by atoms with E-state index in [0.717, 1.165) is 37.7 Å². The molecule has 6 heteroatoms. The van der Waals surface area contributed by atoms with Gasteiger partial charge in [-0.1, -0.05) is 50.8 Å². The second kappa shape index (κ2) is 7.41. The van der Waals surface area contributed by atoms with E-state index < -0.39 is 0 Å². The zero-order valence-corrected chi connectivity index (χ0v) is 13.3. The minimum absolute atomic E-state index is 0.288. The summed E-state index contributed by atoms with van der Waals surface area (Å²) in [5.74, 6) is 0.660. The van der Waals surface area contributed by atoms with Gasteiger partial charge in [-0.3, -0.25) is 0 Å². The summed E-state index contributed by atoms with van der Waals surface area (Å²) < 4.78 is 1.89. The number of unbranched alkanes of at least 4 members (excludes halogenated alkanes) is 1. The van der Waals surface area contributed by atoms with Crippen LogP contribution in [0.3, 0.4) is 0 Å². The number of anilines is 1. The molecule has 5 nitrogen and oxygen atoms in total. The normalized spacial score (nSPS) is 12.5. The first-order chi connectivity index (χ1) is 10.2. The maximum absolute atomic E-state index is 6.29. The van der Waals surface area contributed by atoms with E-state index in [1.165, 1.54) is 0 Å². The lowest BCUT2D eigenvalue weighted by Crippen LogP contribution is -2.13. The third-order valence-electron chi connectivity index (χ3n) is 3.62. The third-order valence-corrected chi connectivity index (χ3v) is 3.94. The SMILES string of the molecule is CCCCC(CCC)n1nnnc1-c1c(N)cccc1Cl.